The van der Waals surface area contributed by atoms with E-state index in [-0.39, 0.29) is 30.2 Å². The quantitative estimate of drug-likeness (QED) is 0.308. The van der Waals surface area contributed by atoms with Crippen LogP contribution in [0.3, 0.4) is 0 Å². The predicted octanol–water partition coefficient (Wildman–Crippen LogP) is 2.06. The van der Waals surface area contributed by atoms with E-state index in [2.05, 4.69) is 21.3 Å². The van der Waals surface area contributed by atoms with Crippen LogP contribution in [0, 0.1) is 5.92 Å². The third-order valence-corrected chi connectivity index (χ3v) is 11.1. The summed E-state index contributed by atoms with van der Waals surface area (Å²) < 4.78 is 11.1. The van der Waals surface area contributed by atoms with Crippen LogP contribution < -0.4 is 26.0 Å². The first-order valence-electron chi connectivity index (χ1n) is 19.4. The molecule has 15 nitrogen and oxygen atoms in total. The van der Waals surface area contributed by atoms with Crippen molar-refractivity contribution in [1.29, 1.82) is 0 Å². The maximum absolute atomic E-state index is 14.5. The third-order valence-electron chi connectivity index (χ3n) is 11.1. The van der Waals surface area contributed by atoms with Crippen molar-refractivity contribution in [2.75, 3.05) is 45.2 Å². The second-order valence-electron chi connectivity index (χ2n) is 15.1. The molecule has 6 rings (SSSR count). The number of cyclic esters (lactones) is 1. The van der Waals surface area contributed by atoms with Gasteiger partial charge in [-0.3, -0.25) is 19.2 Å². The summed E-state index contributed by atoms with van der Waals surface area (Å²) in [6, 6.07) is 10.3. The zero-order valence-electron chi connectivity index (χ0n) is 31.8. The molecule has 0 spiro atoms. The predicted molar refractivity (Wildman–Crippen MR) is 203 cm³/mol. The number of nitrogens with one attached hydrogen (secondary N) is 4. The highest BCUT2D eigenvalue weighted by Crippen LogP contribution is 2.28. The molecule has 4 aliphatic heterocycles. The molecule has 296 valence electrons. The van der Waals surface area contributed by atoms with Gasteiger partial charge in [-0.1, -0.05) is 43.3 Å². The molecule has 0 bridgehead atoms. The van der Waals surface area contributed by atoms with Crippen LogP contribution in [0.15, 0.2) is 54.6 Å². The molecule has 0 radical (unpaired) electrons. The van der Waals surface area contributed by atoms with E-state index in [9.17, 15) is 28.8 Å². The van der Waals surface area contributed by atoms with Crippen molar-refractivity contribution in [2.45, 2.75) is 95.0 Å². The van der Waals surface area contributed by atoms with E-state index >= 15 is 0 Å². The summed E-state index contributed by atoms with van der Waals surface area (Å²) in [4.78, 5) is 88.6. The van der Waals surface area contributed by atoms with Crippen LogP contribution in [0.2, 0.25) is 0 Å². The van der Waals surface area contributed by atoms with Crippen molar-refractivity contribution >= 4 is 41.3 Å². The Balaban J connectivity index is 1.28. The number of nitrogens with zero attached hydrogens (tertiary/aromatic N) is 3. The fourth-order valence-corrected chi connectivity index (χ4v) is 8.14. The Morgan fingerprint density at radius 3 is 2.45 bits per heavy atom. The molecule has 4 fully saturated rings. The minimum absolute atomic E-state index is 0.0395. The molecule has 4 saturated heterocycles. The van der Waals surface area contributed by atoms with Crippen molar-refractivity contribution in [3.05, 3.63) is 60.2 Å². The van der Waals surface area contributed by atoms with E-state index < -0.39 is 60.6 Å². The molecule has 4 N–H and O–H groups in total. The monoisotopic (exact) mass is 759 g/mol. The normalized spacial score (nSPS) is 27.0. The number of rotatable bonds is 7. The van der Waals surface area contributed by atoms with E-state index in [1.807, 2.05) is 42.2 Å². The summed E-state index contributed by atoms with van der Waals surface area (Å²) in [5.41, 5.74) is 1.19. The number of esters is 1. The Labute approximate surface area is 321 Å². The average molecular weight is 760 g/mol. The zero-order chi connectivity index (χ0) is 39.1. The standard InChI is InChI=1S/C40H53N7O8/c1-25-19-34-39(52)55-24-32(43-35(48)31(20-27-11-5-4-6-12-27)44-40(53)42-28-13-9-15-30(21-28)54-3)37(50)46-18-10-16-33(46)38(51)45-17-8-7-14-29(45)22-41-26(2)36(49)47(34)23-25/h4-6,9,11-13,15,21,25-26,29,31-34,41H,7-8,10,14,16-20,22-24H2,1-3H3,(H,43,48)(H2,42,44,53)/t25-,26+,29+,31+,32+,33+,34+/m1/s1. The number of carbonyl (C=O) groups excluding carboxylic acids is 6. The largest absolute Gasteiger partial charge is 0.497 e. The number of hydrogen-bond acceptors (Lipinski definition) is 9. The van der Waals surface area contributed by atoms with Crippen LogP contribution in [0.25, 0.3) is 0 Å². The highest BCUT2D eigenvalue weighted by molar-refractivity contribution is 5.97. The molecule has 55 heavy (non-hydrogen) atoms. The summed E-state index contributed by atoms with van der Waals surface area (Å²) in [6.07, 6.45) is 4.05. The van der Waals surface area contributed by atoms with Crippen LogP contribution in [-0.2, 0) is 35.1 Å². The lowest BCUT2D eigenvalue weighted by atomic mass is 9.99. The molecule has 2 aromatic rings. The number of benzene rings is 2. The second kappa shape index (κ2) is 18.0. The fraction of sp³-hybridized carbons (Fsp3) is 0.550. The van der Waals surface area contributed by atoms with Gasteiger partial charge < -0.3 is 45.4 Å². The van der Waals surface area contributed by atoms with Gasteiger partial charge in [0.2, 0.25) is 23.6 Å². The van der Waals surface area contributed by atoms with Gasteiger partial charge in [0.15, 0.2) is 0 Å². The molecule has 0 unspecified atom stereocenters. The van der Waals surface area contributed by atoms with Crippen molar-refractivity contribution in [3.63, 3.8) is 0 Å². The minimum Gasteiger partial charge on any atom is -0.497 e. The first-order chi connectivity index (χ1) is 26.5. The van der Waals surface area contributed by atoms with Crippen LogP contribution in [0.1, 0.15) is 57.9 Å². The number of urea groups is 1. The van der Waals surface area contributed by atoms with Gasteiger partial charge in [-0.15, -0.1) is 0 Å². The highest BCUT2D eigenvalue weighted by Gasteiger charge is 2.44. The van der Waals surface area contributed by atoms with Gasteiger partial charge in [0.05, 0.1) is 13.2 Å². The number of carbonyl (C=O) groups is 6. The van der Waals surface area contributed by atoms with Gasteiger partial charge >= 0.3 is 12.0 Å². The Morgan fingerprint density at radius 1 is 0.891 bits per heavy atom. The van der Waals surface area contributed by atoms with E-state index in [1.165, 1.54) is 16.9 Å². The Kier molecular flexibility index (Phi) is 12.9. The molecule has 0 aromatic heterocycles. The lowest BCUT2D eigenvalue weighted by molar-refractivity contribution is -0.157. The summed E-state index contributed by atoms with van der Waals surface area (Å²) in [5, 5.41) is 11.6. The number of amides is 6. The zero-order valence-corrected chi connectivity index (χ0v) is 31.8. The molecule has 2 aromatic carbocycles. The van der Waals surface area contributed by atoms with Crippen LogP contribution in [0.4, 0.5) is 10.5 Å². The van der Waals surface area contributed by atoms with Crippen molar-refractivity contribution in [1.82, 2.24) is 30.7 Å². The van der Waals surface area contributed by atoms with Gasteiger partial charge in [0.1, 0.15) is 36.5 Å². The van der Waals surface area contributed by atoms with Gasteiger partial charge in [-0.25, -0.2) is 9.59 Å². The first-order valence-corrected chi connectivity index (χ1v) is 19.4. The maximum atomic E-state index is 14.5. The number of hydrogen-bond donors (Lipinski definition) is 4. The molecular formula is C40H53N7O8. The van der Waals surface area contributed by atoms with Crippen molar-refractivity contribution in [3.8, 4) is 5.75 Å². The maximum Gasteiger partial charge on any atom is 0.328 e. The molecule has 15 heteroatoms. The summed E-state index contributed by atoms with van der Waals surface area (Å²) >= 11 is 0. The molecule has 0 saturated carbocycles. The molecule has 7 atom stereocenters. The Morgan fingerprint density at radius 2 is 1.67 bits per heavy atom. The molecule has 0 aliphatic carbocycles. The minimum atomic E-state index is -1.38. The Bertz CT molecular complexity index is 1730. The summed E-state index contributed by atoms with van der Waals surface area (Å²) in [6.45, 7) is 4.81. The number of methoxy groups -OCH3 is 1. The SMILES string of the molecule is COc1cccc(NC(=O)N[C@@H](Cc2ccccc2)C(=O)N[C@H]2COC(=O)[C@@H]3C[C@@H](C)CN3C(=O)[C@H](C)NC[C@@H]3CCCCN3C(=O)[C@@H]3CCCN3C2=O)c1. The van der Waals surface area contributed by atoms with Crippen LogP contribution in [0.5, 0.6) is 5.75 Å². The molecule has 4 aliphatic rings. The van der Waals surface area contributed by atoms with E-state index in [0.29, 0.717) is 56.9 Å². The number of anilines is 1. The van der Waals surface area contributed by atoms with Crippen LogP contribution in [-0.4, -0.2) is 126 Å². The molecule has 6 amide bonds. The molecule has 4 heterocycles. The number of piperidine rings is 1. The van der Waals surface area contributed by atoms with Gasteiger partial charge in [-0.05, 0) is 69.1 Å². The Hall–Kier alpha value is -5.18. The number of fused-ring (bicyclic) bond motifs is 3. The van der Waals surface area contributed by atoms with E-state index in [0.717, 1.165) is 24.8 Å². The summed E-state index contributed by atoms with van der Waals surface area (Å²) in [5.74, 6) is -1.75. The van der Waals surface area contributed by atoms with Crippen molar-refractivity contribution < 1.29 is 38.2 Å². The van der Waals surface area contributed by atoms with Gasteiger partial charge in [0, 0.05) is 50.4 Å². The first kappa shape index (κ1) is 39.5. The third kappa shape index (κ3) is 9.56. The fourth-order valence-electron chi connectivity index (χ4n) is 8.14. The lowest BCUT2D eigenvalue weighted by Crippen LogP contribution is -2.61. The lowest BCUT2D eigenvalue weighted by Gasteiger charge is -2.40. The van der Waals surface area contributed by atoms with E-state index in [1.54, 1.807) is 31.2 Å². The van der Waals surface area contributed by atoms with Gasteiger partial charge in [-0.2, -0.15) is 0 Å². The van der Waals surface area contributed by atoms with Crippen molar-refractivity contribution in [2.24, 2.45) is 5.92 Å². The molecular weight excluding hydrogens is 706 g/mol. The average Bonchev–Trinajstić information content (AvgIpc) is 3.85. The van der Waals surface area contributed by atoms with E-state index in [4.69, 9.17) is 9.47 Å². The topological polar surface area (TPSA) is 179 Å². The smallest absolute Gasteiger partial charge is 0.328 e. The highest BCUT2D eigenvalue weighted by atomic mass is 16.5. The van der Waals surface area contributed by atoms with Gasteiger partial charge in [0.25, 0.3) is 0 Å². The summed E-state index contributed by atoms with van der Waals surface area (Å²) in [7, 11) is 1.51. The second-order valence-corrected chi connectivity index (χ2v) is 15.1. The number of ether oxygens (including phenoxy) is 2. The van der Waals surface area contributed by atoms with Crippen LogP contribution >= 0.6 is 0 Å².